The van der Waals surface area contributed by atoms with Gasteiger partial charge >= 0.3 is 0 Å². The molecule has 1 aliphatic rings. The third kappa shape index (κ3) is 4.77. The van der Waals surface area contributed by atoms with Crippen molar-refractivity contribution >= 4 is 40.7 Å². The van der Waals surface area contributed by atoms with Crippen molar-refractivity contribution in [3.05, 3.63) is 70.0 Å². The molecule has 0 spiro atoms. The van der Waals surface area contributed by atoms with Crippen LogP contribution in [-0.2, 0) is 6.61 Å². The Bertz CT molecular complexity index is 1020. The number of halogens is 2. The Labute approximate surface area is 183 Å². The van der Waals surface area contributed by atoms with E-state index in [2.05, 4.69) is 14.8 Å². The zero-order valence-electron chi connectivity index (χ0n) is 15.7. The summed E-state index contributed by atoms with van der Waals surface area (Å²) >= 11 is 13.5. The number of rotatable bonds is 8. The molecule has 0 aliphatic heterocycles. The van der Waals surface area contributed by atoms with Crippen LogP contribution in [0.25, 0.3) is 0 Å². The summed E-state index contributed by atoms with van der Waals surface area (Å²) in [6.45, 7) is 2.15. The molecular weight excluding hydrogens is 429 g/mol. The predicted octanol–water partition coefficient (Wildman–Crippen LogP) is 5.86. The van der Waals surface area contributed by atoms with E-state index in [9.17, 15) is 4.79 Å². The first-order chi connectivity index (χ1) is 14.0. The van der Waals surface area contributed by atoms with E-state index < -0.39 is 0 Å². The largest absolute Gasteiger partial charge is 0.484 e. The van der Waals surface area contributed by atoms with E-state index in [-0.39, 0.29) is 17.6 Å². The number of aromatic nitrogens is 3. The summed E-state index contributed by atoms with van der Waals surface area (Å²) in [7, 11) is 0. The molecule has 0 radical (unpaired) electrons. The van der Waals surface area contributed by atoms with Gasteiger partial charge in [0.15, 0.2) is 16.8 Å². The molecule has 0 saturated heterocycles. The van der Waals surface area contributed by atoms with Crippen LogP contribution in [-0.4, -0.2) is 25.8 Å². The standard InChI is InChI=1S/C21H19Cl2N3O2S/c1-13(20(27)14-6-8-15(22)9-7-14)29-21-25-24-19(26(21)16-10-11-16)12-28-18-5-3-2-4-17(18)23/h2-9,13,16H,10-12H2,1H3/t13-/m0/s1. The van der Waals surface area contributed by atoms with Crippen molar-refractivity contribution in [3.63, 3.8) is 0 Å². The van der Waals surface area contributed by atoms with Gasteiger partial charge in [-0.15, -0.1) is 10.2 Å². The van der Waals surface area contributed by atoms with E-state index in [1.807, 2.05) is 25.1 Å². The first-order valence-corrected chi connectivity index (χ1v) is 10.9. The summed E-state index contributed by atoms with van der Waals surface area (Å²) < 4.78 is 7.93. The number of benzene rings is 2. The fourth-order valence-electron chi connectivity index (χ4n) is 2.95. The number of hydrogen-bond acceptors (Lipinski definition) is 5. The quantitative estimate of drug-likeness (QED) is 0.319. The van der Waals surface area contributed by atoms with Crippen molar-refractivity contribution in [1.82, 2.24) is 14.8 Å². The molecular formula is C21H19Cl2N3O2S. The molecule has 1 fully saturated rings. The second-order valence-corrected chi connectivity index (χ2v) is 9.00. The highest BCUT2D eigenvalue weighted by molar-refractivity contribution is 8.00. The molecule has 1 heterocycles. The van der Waals surface area contributed by atoms with Crippen LogP contribution < -0.4 is 4.74 Å². The van der Waals surface area contributed by atoms with Crippen molar-refractivity contribution < 1.29 is 9.53 Å². The number of Topliss-reactive ketones (excluding diaryl/α,β-unsaturated/α-hetero) is 1. The van der Waals surface area contributed by atoms with Crippen LogP contribution in [0.4, 0.5) is 0 Å². The van der Waals surface area contributed by atoms with E-state index in [1.54, 1.807) is 30.3 Å². The average molecular weight is 448 g/mol. The number of thioether (sulfide) groups is 1. The molecule has 0 amide bonds. The van der Waals surface area contributed by atoms with Gasteiger partial charge in [0.1, 0.15) is 12.4 Å². The minimum atomic E-state index is -0.296. The zero-order valence-corrected chi connectivity index (χ0v) is 18.0. The number of para-hydroxylation sites is 1. The van der Waals surface area contributed by atoms with E-state index in [0.29, 0.717) is 27.4 Å². The highest BCUT2D eigenvalue weighted by Gasteiger charge is 2.31. The number of ether oxygens (including phenoxy) is 1. The summed E-state index contributed by atoms with van der Waals surface area (Å²) in [4.78, 5) is 12.8. The number of carbonyl (C=O) groups excluding carboxylic acids is 1. The molecule has 0 bridgehead atoms. The van der Waals surface area contributed by atoms with Crippen LogP contribution in [0.1, 0.15) is 42.0 Å². The maximum absolute atomic E-state index is 12.8. The van der Waals surface area contributed by atoms with Crippen molar-refractivity contribution in [3.8, 4) is 5.75 Å². The van der Waals surface area contributed by atoms with Gasteiger partial charge in [0.25, 0.3) is 0 Å². The van der Waals surface area contributed by atoms with E-state index in [4.69, 9.17) is 27.9 Å². The summed E-state index contributed by atoms with van der Waals surface area (Å²) in [5, 5.41) is 10.3. The van der Waals surface area contributed by atoms with Gasteiger partial charge in [-0.3, -0.25) is 9.36 Å². The number of ketones is 1. The lowest BCUT2D eigenvalue weighted by molar-refractivity contribution is 0.0994. The van der Waals surface area contributed by atoms with Crippen LogP contribution in [0.2, 0.25) is 10.0 Å². The van der Waals surface area contributed by atoms with Crippen LogP contribution in [0.15, 0.2) is 53.7 Å². The fraction of sp³-hybridized carbons (Fsp3) is 0.286. The second-order valence-electron chi connectivity index (χ2n) is 6.85. The lowest BCUT2D eigenvalue weighted by Crippen LogP contribution is -2.15. The predicted molar refractivity (Wildman–Crippen MR) is 115 cm³/mol. The van der Waals surface area contributed by atoms with E-state index in [0.717, 1.165) is 23.8 Å². The monoisotopic (exact) mass is 447 g/mol. The third-order valence-electron chi connectivity index (χ3n) is 4.62. The maximum Gasteiger partial charge on any atom is 0.192 e. The van der Waals surface area contributed by atoms with E-state index >= 15 is 0 Å². The molecule has 1 aliphatic carbocycles. The number of carbonyl (C=O) groups is 1. The SMILES string of the molecule is C[C@H](Sc1nnc(COc2ccccc2Cl)n1C1CC1)C(=O)c1ccc(Cl)cc1. The topological polar surface area (TPSA) is 57.0 Å². The Kier molecular flexibility index (Phi) is 6.13. The van der Waals surface area contributed by atoms with Crippen molar-refractivity contribution in [2.24, 2.45) is 0 Å². The van der Waals surface area contributed by atoms with Crippen molar-refractivity contribution in [2.45, 2.75) is 42.8 Å². The summed E-state index contributed by atoms with van der Waals surface area (Å²) in [5.74, 6) is 1.38. The maximum atomic E-state index is 12.8. The normalized spacial score (nSPS) is 14.6. The lowest BCUT2D eigenvalue weighted by Gasteiger charge is -2.13. The fourth-order valence-corrected chi connectivity index (χ4v) is 4.28. The minimum absolute atomic E-state index is 0.0332. The molecule has 2 aromatic carbocycles. The van der Waals surface area contributed by atoms with Gasteiger partial charge in [-0.25, -0.2) is 0 Å². The van der Waals surface area contributed by atoms with Gasteiger partial charge in [-0.05, 0) is 56.2 Å². The Hall–Kier alpha value is -2.02. The second kappa shape index (κ2) is 8.78. The minimum Gasteiger partial charge on any atom is -0.484 e. The molecule has 0 N–H and O–H groups in total. The smallest absolute Gasteiger partial charge is 0.192 e. The molecule has 1 atom stereocenters. The van der Waals surface area contributed by atoms with Gasteiger partial charge in [-0.2, -0.15) is 0 Å². The molecule has 1 saturated carbocycles. The molecule has 0 unspecified atom stereocenters. The highest BCUT2D eigenvalue weighted by Crippen LogP contribution is 2.40. The Morgan fingerprint density at radius 2 is 1.90 bits per heavy atom. The first kappa shape index (κ1) is 20.3. The molecule has 150 valence electrons. The van der Waals surface area contributed by atoms with Gasteiger partial charge in [0.05, 0.1) is 10.3 Å². The first-order valence-electron chi connectivity index (χ1n) is 9.30. The third-order valence-corrected chi connectivity index (χ3v) is 6.24. The number of nitrogens with zero attached hydrogens (tertiary/aromatic N) is 3. The summed E-state index contributed by atoms with van der Waals surface area (Å²) in [5.41, 5.74) is 0.633. The van der Waals surface area contributed by atoms with Gasteiger partial charge in [0.2, 0.25) is 0 Å². The highest BCUT2D eigenvalue weighted by atomic mass is 35.5. The molecule has 29 heavy (non-hydrogen) atoms. The summed E-state index contributed by atoms with van der Waals surface area (Å²) in [6, 6.07) is 14.6. The van der Waals surface area contributed by atoms with Crippen molar-refractivity contribution in [2.75, 3.05) is 0 Å². The molecule has 8 heteroatoms. The van der Waals surface area contributed by atoms with Crippen LogP contribution >= 0.6 is 35.0 Å². The Balaban J connectivity index is 1.48. The van der Waals surface area contributed by atoms with Crippen LogP contribution in [0.5, 0.6) is 5.75 Å². The Morgan fingerprint density at radius 1 is 1.17 bits per heavy atom. The Morgan fingerprint density at radius 3 is 2.59 bits per heavy atom. The average Bonchev–Trinajstić information content (AvgIpc) is 3.48. The zero-order chi connectivity index (χ0) is 20.4. The summed E-state index contributed by atoms with van der Waals surface area (Å²) in [6.07, 6.45) is 2.15. The van der Waals surface area contributed by atoms with Gasteiger partial charge in [0, 0.05) is 16.6 Å². The molecule has 3 aromatic rings. The van der Waals surface area contributed by atoms with E-state index in [1.165, 1.54) is 11.8 Å². The van der Waals surface area contributed by atoms with Gasteiger partial charge < -0.3 is 4.74 Å². The van der Waals surface area contributed by atoms with Gasteiger partial charge in [-0.1, -0.05) is 47.1 Å². The number of hydrogen-bond donors (Lipinski definition) is 0. The van der Waals surface area contributed by atoms with Crippen LogP contribution in [0.3, 0.4) is 0 Å². The lowest BCUT2D eigenvalue weighted by atomic mass is 10.1. The molecule has 1 aromatic heterocycles. The molecule has 5 nitrogen and oxygen atoms in total. The van der Waals surface area contributed by atoms with Crippen molar-refractivity contribution in [1.29, 1.82) is 0 Å². The molecule has 4 rings (SSSR count). The van der Waals surface area contributed by atoms with Crippen LogP contribution in [0, 0.1) is 0 Å².